The molecule has 0 N–H and O–H groups in total. The van der Waals surface area contributed by atoms with E-state index in [1.54, 1.807) is 0 Å². The van der Waals surface area contributed by atoms with E-state index in [0.29, 0.717) is 0 Å². The highest BCUT2D eigenvalue weighted by Gasteiger charge is 2.47. The number of fused-ring (bicyclic) bond motifs is 1. The summed E-state index contributed by atoms with van der Waals surface area (Å²) in [7, 11) is 0. The van der Waals surface area contributed by atoms with Crippen LogP contribution in [0.4, 0.5) is 0 Å². The van der Waals surface area contributed by atoms with E-state index in [1.807, 2.05) is 41.5 Å². The molecule has 0 spiro atoms. The SMILES string of the molecule is CCC(C)(C)OC(=O)C1CCCC2C(C(=O)OC(C)(C)CC)CCCC12. The molecule has 4 unspecified atom stereocenters. The van der Waals surface area contributed by atoms with Crippen molar-refractivity contribution in [2.75, 3.05) is 0 Å². The van der Waals surface area contributed by atoms with Crippen molar-refractivity contribution in [3.05, 3.63) is 0 Å². The van der Waals surface area contributed by atoms with Crippen LogP contribution in [-0.2, 0) is 19.1 Å². The van der Waals surface area contributed by atoms with E-state index in [0.717, 1.165) is 51.4 Å². The fourth-order valence-corrected chi connectivity index (χ4v) is 4.43. The second-order valence-electron chi connectivity index (χ2n) is 9.47. The predicted octanol–water partition coefficient (Wildman–Crippen LogP) is 5.28. The molecule has 2 aliphatic carbocycles. The van der Waals surface area contributed by atoms with Gasteiger partial charge in [-0.05, 0) is 78.1 Å². The third-order valence-electron chi connectivity index (χ3n) is 6.75. The zero-order valence-corrected chi connectivity index (χ0v) is 17.6. The average Bonchev–Trinajstić information content (AvgIpc) is 2.59. The Morgan fingerprint density at radius 2 is 1.08 bits per heavy atom. The van der Waals surface area contributed by atoms with Crippen LogP contribution in [0.1, 0.15) is 92.9 Å². The van der Waals surface area contributed by atoms with Crippen molar-refractivity contribution < 1.29 is 19.1 Å². The zero-order valence-electron chi connectivity index (χ0n) is 17.6. The summed E-state index contributed by atoms with van der Waals surface area (Å²) in [4.78, 5) is 25.7. The van der Waals surface area contributed by atoms with Crippen LogP contribution in [0.15, 0.2) is 0 Å². The van der Waals surface area contributed by atoms with Gasteiger partial charge >= 0.3 is 11.9 Å². The molecular weight excluding hydrogens is 328 g/mol. The number of hydrogen-bond acceptors (Lipinski definition) is 4. The van der Waals surface area contributed by atoms with Crippen LogP contribution in [-0.4, -0.2) is 23.1 Å². The molecule has 2 fully saturated rings. The first-order valence-corrected chi connectivity index (χ1v) is 10.6. The summed E-state index contributed by atoms with van der Waals surface area (Å²) >= 11 is 0. The van der Waals surface area contributed by atoms with Crippen LogP contribution >= 0.6 is 0 Å². The summed E-state index contributed by atoms with van der Waals surface area (Å²) in [6.45, 7) is 12.0. The molecule has 0 aromatic heterocycles. The van der Waals surface area contributed by atoms with E-state index in [-0.39, 0.29) is 35.6 Å². The average molecular weight is 367 g/mol. The van der Waals surface area contributed by atoms with Crippen LogP contribution in [0.25, 0.3) is 0 Å². The van der Waals surface area contributed by atoms with Crippen molar-refractivity contribution >= 4 is 11.9 Å². The van der Waals surface area contributed by atoms with E-state index in [4.69, 9.17) is 9.47 Å². The maximum absolute atomic E-state index is 12.8. The molecule has 2 aliphatic rings. The predicted molar refractivity (Wildman–Crippen MR) is 103 cm³/mol. The Hall–Kier alpha value is -1.06. The number of hydrogen-bond donors (Lipinski definition) is 0. The van der Waals surface area contributed by atoms with E-state index < -0.39 is 11.2 Å². The molecule has 0 aliphatic heterocycles. The molecule has 0 saturated heterocycles. The first-order chi connectivity index (χ1) is 12.1. The second kappa shape index (κ2) is 8.31. The van der Waals surface area contributed by atoms with Crippen molar-refractivity contribution in [1.29, 1.82) is 0 Å². The summed E-state index contributed by atoms with van der Waals surface area (Å²) in [5.74, 6) is 0.285. The van der Waals surface area contributed by atoms with Crippen molar-refractivity contribution in [2.24, 2.45) is 23.7 Å². The Labute approximate surface area is 159 Å². The van der Waals surface area contributed by atoms with Gasteiger partial charge in [0.15, 0.2) is 0 Å². The van der Waals surface area contributed by atoms with E-state index >= 15 is 0 Å². The second-order valence-corrected chi connectivity index (χ2v) is 9.47. The first-order valence-electron chi connectivity index (χ1n) is 10.6. The smallest absolute Gasteiger partial charge is 0.309 e. The van der Waals surface area contributed by atoms with Gasteiger partial charge in [0.25, 0.3) is 0 Å². The Morgan fingerprint density at radius 3 is 1.38 bits per heavy atom. The molecule has 26 heavy (non-hydrogen) atoms. The van der Waals surface area contributed by atoms with Gasteiger partial charge < -0.3 is 9.47 Å². The molecule has 0 radical (unpaired) electrons. The molecule has 150 valence electrons. The van der Waals surface area contributed by atoms with E-state index in [9.17, 15) is 9.59 Å². The standard InChI is InChI=1S/C22H38O4/c1-7-21(3,4)25-19(23)17-13-9-12-16-15(17)11-10-14-18(16)20(24)26-22(5,6)8-2/h15-18H,7-14H2,1-6H3. The maximum atomic E-state index is 12.8. The maximum Gasteiger partial charge on any atom is 0.309 e. The van der Waals surface area contributed by atoms with Crippen LogP contribution in [0.5, 0.6) is 0 Å². The lowest BCUT2D eigenvalue weighted by atomic mass is 9.61. The molecule has 0 amide bonds. The number of carbonyl (C=O) groups is 2. The summed E-state index contributed by atoms with van der Waals surface area (Å²) in [6.07, 6.45) is 7.43. The Morgan fingerprint density at radius 1 is 0.731 bits per heavy atom. The molecule has 0 aromatic carbocycles. The van der Waals surface area contributed by atoms with E-state index in [2.05, 4.69) is 0 Å². The Kier molecular flexibility index (Phi) is 6.79. The summed E-state index contributed by atoms with van der Waals surface area (Å²) in [5.41, 5.74) is -0.829. The largest absolute Gasteiger partial charge is 0.459 e. The molecule has 4 nitrogen and oxygen atoms in total. The summed E-state index contributed by atoms with van der Waals surface area (Å²) in [6, 6.07) is 0. The molecule has 4 heteroatoms. The monoisotopic (exact) mass is 366 g/mol. The highest BCUT2D eigenvalue weighted by Crippen LogP contribution is 2.48. The Bertz CT molecular complexity index is 462. The van der Waals surface area contributed by atoms with Gasteiger partial charge in [0.1, 0.15) is 11.2 Å². The minimum absolute atomic E-state index is 0.0607. The lowest BCUT2D eigenvalue weighted by Crippen LogP contribution is -2.45. The fourth-order valence-electron chi connectivity index (χ4n) is 4.43. The molecule has 0 bridgehead atoms. The van der Waals surface area contributed by atoms with Gasteiger partial charge in [0.05, 0.1) is 11.8 Å². The van der Waals surface area contributed by atoms with E-state index in [1.165, 1.54) is 0 Å². The van der Waals surface area contributed by atoms with Gasteiger partial charge in [-0.1, -0.05) is 26.7 Å². The van der Waals surface area contributed by atoms with Crippen molar-refractivity contribution in [3.8, 4) is 0 Å². The van der Waals surface area contributed by atoms with Crippen LogP contribution in [0, 0.1) is 23.7 Å². The van der Waals surface area contributed by atoms with Gasteiger partial charge in [-0.2, -0.15) is 0 Å². The lowest BCUT2D eigenvalue weighted by molar-refractivity contribution is -0.175. The normalized spacial score (nSPS) is 29.6. The van der Waals surface area contributed by atoms with Gasteiger partial charge in [-0.15, -0.1) is 0 Å². The summed E-state index contributed by atoms with van der Waals surface area (Å²) < 4.78 is 11.6. The molecule has 2 saturated carbocycles. The topological polar surface area (TPSA) is 52.6 Å². The van der Waals surface area contributed by atoms with Gasteiger partial charge in [0, 0.05) is 0 Å². The minimum atomic E-state index is -0.415. The highest BCUT2D eigenvalue weighted by molar-refractivity contribution is 5.75. The third kappa shape index (κ3) is 5.01. The summed E-state index contributed by atoms with van der Waals surface area (Å²) in [5, 5.41) is 0. The quantitative estimate of drug-likeness (QED) is 0.600. The highest BCUT2D eigenvalue weighted by atomic mass is 16.6. The minimum Gasteiger partial charge on any atom is -0.459 e. The van der Waals surface area contributed by atoms with Crippen molar-refractivity contribution in [2.45, 2.75) is 104 Å². The molecule has 0 aromatic rings. The number of ether oxygens (including phenoxy) is 2. The number of carbonyl (C=O) groups excluding carboxylic acids is 2. The molecular formula is C22H38O4. The third-order valence-corrected chi connectivity index (χ3v) is 6.75. The number of rotatable bonds is 6. The molecule has 0 heterocycles. The Balaban J connectivity index is 2.10. The van der Waals surface area contributed by atoms with Crippen LogP contribution in [0.2, 0.25) is 0 Å². The fraction of sp³-hybridized carbons (Fsp3) is 0.909. The van der Waals surface area contributed by atoms with Gasteiger partial charge in [-0.3, -0.25) is 9.59 Å². The first kappa shape index (κ1) is 21.2. The lowest BCUT2D eigenvalue weighted by Gasteiger charge is -2.44. The van der Waals surface area contributed by atoms with Crippen molar-refractivity contribution in [3.63, 3.8) is 0 Å². The zero-order chi connectivity index (χ0) is 19.5. The van der Waals surface area contributed by atoms with Crippen molar-refractivity contribution in [1.82, 2.24) is 0 Å². The number of esters is 2. The van der Waals surface area contributed by atoms with Crippen LogP contribution < -0.4 is 0 Å². The van der Waals surface area contributed by atoms with Gasteiger partial charge in [0.2, 0.25) is 0 Å². The van der Waals surface area contributed by atoms with Crippen LogP contribution in [0.3, 0.4) is 0 Å². The van der Waals surface area contributed by atoms with Gasteiger partial charge in [-0.25, -0.2) is 0 Å². The molecule has 2 rings (SSSR count). The molecule has 4 atom stereocenters.